The van der Waals surface area contributed by atoms with E-state index in [9.17, 15) is 28.8 Å². The molecule has 4 aromatic rings. The zero-order valence-electron chi connectivity index (χ0n) is 34.2. The molecule has 324 valence electrons. The number of nitrogens with zero attached hydrogens (tertiary/aromatic N) is 3. The number of nitrogens with one attached hydrogen (secondary N) is 7. The Balaban J connectivity index is 1.35. The van der Waals surface area contributed by atoms with Crippen LogP contribution in [0.4, 0.5) is 0 Å². The van der Waals surface area contributed by atoms with E-state index in [0.717, 1.165) is 27.0 Å². The fourth-order valence-electron chi connectivity index (χ4n) is 6.78. The molecule has 0 bridgehead atoms. The molecule has 1 aliphatic heterocycles. The van der Waals surface area contributed by atoms with Crippen LogP contribution in [-0.4, -0.2) is 103 Å². The maximum absolute atomic E-state index is 14.4. The summed E-state index contributed by atoms with van der Waals surface area (Å²) in [7, 11) is 0. The summed E-state index contributed by atoms with van der Waals surface area (Å²) < 4.78 is 0. The van der Waals surface area contributed by atoms with E-state index in [2.05, 4.69) is 41.6 Å². The number of aromatic amines is 2. The standard InChI is InChI=1S/C42H55N13O6/c1-26(50-40(59)36(21-29-23-47-33-15-7-6-14-31(29)33)53-39(58)32(44)22-30-24-46-25-48-30)42(61)55(54-19-11-10-18-49-54)27(2)38(57)52-35(20-28-12-4-3-5-13-28)41(60)51-34(37(45)56)16-8-9-17-43/h3-7,10-15,18-19,23-27,32,34-36,47,49H,8-9,16-17,20-22,43-44H2,1-2H3,(H2,45,56)(H,46,48)(H,50,59)(H,51,60)(H,52,57)(H,53,58)/t26-,27-,32-,34-,35+,36+/m0/s1. The highest BCUT2D eigenvalue weighted by Gasteiger charge is 2.37. The molecular weight excluding hydrogens is 783 g/mol. The number of allylic oxidation sites excluding steroid dienone is 2. The lowest BCUT2D eigenvalue weighted by molar-refractivity contribution is -0.161. The molecule has 3 heterocycles. The Bertz CT molecular complexity index is 2170. The molecule has 1 aliphatic rings. The Kier molecular flexibility index (Phi) is 16.2. The maximum atomic E-state index is 14.4. The Hall–Kier alpha value is -6.99. The maximum Gasteiger partial charge on any atom is 0.265 e. The number of carbonyl (C=O) groups is 6. The van der Waals surface area contributed by atoms with Gasteiger partial charge in [-0.1, -0.05) is 48.5 Å². The summed E-state index contributed by atoms with van der Waals surface area (Å²) in [5.41, 5.74) is 23.2. The zero-order valence-corrected chi connectivity index (χ0v) is 34.2. The molecule has 0 spiro atoms. The van der Waals surface area contributed by atoms with E-state index in [1.165, 1.54) is 37.7 Å². The smallest absolute Gasteiger partial charge is 0.265 e. The van der Waals surface area contributed by atoms with Gasteiger partial charge >= 0.3 is 0 Å². The highest BCUT2D eigenvalue weighted by molar-refractivity contribution is 5.96. The van der Waals surface area contributed by atoms with E-state index >= 15 is 0 Å². The molecule has 2 aromatic heterocycles. The first kappa shape index (κ1) is 45.1. The number of unbranched alkanes of at least 4 members (excludes halogenated alkanes) is 1. The number of fused-ring (bicyclic) bond motifs is 1. The van der Waals surface area contributed by atoms with E-state index in [1.54, 1.807) is 48.8 Å². The van der Waals surface area contributed by atoms with E-state index in [0.29, 0.717) is 25.1 Å². The number of amides is 6. The van der Waals surface area contributed by atoms with Gasteiger partial charge in [0, 0.05) is 55.0 Å². The normalized spacial score (nSPS) is 15.0. The highest BCUT2D eigenvalue weighted by atomic mass is 16.2. The van der Waals surface area contributed by atoms with Crippen LogP contribution in [-0.2, 0) is 48.0 Å². The van der Waals surface area contributed by atoms with Gasteiger partial charge in [0.1, 0.15) is 30.2 Å². The minimum atomic E-state index is -1.28. The monoisotopic (exact) mass is 837 g/mol. The van der Waals surface area contributed by atoms with Crippen LogP contribution in [0.1, 0.15) is 49.9 Å². The molecule has 13 N–H and O–H groups in total. The van der Waals surface area contributed by atoms with Gasteiger partial charge < -0.3 is 48.4 Å². The van der Waals surface area contributed by atoms with Crippen molar-refractivity contribution in [3.63, 3.8) is 0 Å². The van der Waals surface area contributed by atoms with Gasteiger partial charge in [0.25, 0.3) is 5.91 Å². The average molecular weight is 838 g/mol. The van der Waals surface area contributed by atoms with Crippen molar-refractivity contribution in [2.24, 2.45) is 17.2 Å². The van der Waals surface area contributed by atoms with Gasteiger partial charge in [0.2, 0.25) is 29.5 Å². The minimum Gasteiger partial charge on any atom is -0.368 e. The largest absolute Gasteiger partial charge is 0.368 e. The van der Waals surface area contributed by atoms with Gasteiger partial charge in [-0.05, 0) is 69.0 Å². The molecule has 5 rings (SSSR count). The Morgan fingerprint density at radius 2 is 1.48 bits per heavy atom. The zero-order chi connectivity index (χ0) is 43.9. The van der Waals surface area contributed by atoms with Crippen LogP contribution in [0.2, 0.25) is 0 Å². The third-order valence-electron chi connectivity index (χ3n) is 10.1. The molecule has 0 saturated carbocycles. The number of imidazole rings is 1. The third kappa shape index (κ3) is 12.5. The van der Waals surface area contributed by atoms with Gasteiger partial charge in [-0.2, -0.15) is 5.12 Å². The van der Waals surface area contributed by atoms with Crippen molar-refractivity contribution in [2.75, 3.05) is 6.54 Å². The minimum absolute atomic E-state index is 0.0514. The fraction of sp³-hybridized carbons (Fsp3) is 0.357. The number of carbonyl (C=O) groups excluding carboxylic acids is 6. The number of aromatic nitrogens is 3. The number of benzene rings is 2. The summed E-state index contributed by atoms with van der Waals surface area (Å²) >= 11 is 0. The van der Waals surface area contributed by atoms with Crippen LogP contribution >= 0.6 is 0 Å². The van der Waals surface area contributed by atoms with E-state index in [-0.39, 0.29) is 25.7 Å². The summed E-state index contributed by atoms with van der Waals surface area (Å²) in [5, 5.41) is 14.2. The van der Waals surface area contributed by atoms with E-state index < -0.39 is 71.7 Å². The number of H-pyrrole nitrogens is 2. The molecule has 0 unspecified atom stereocenters. The van der Waals surface area contributed by atoms with Crippen molar-refractivity contribution in [3.8, 4) is 0 Å². The lowest BCUT2D eigenvalue weighted by Crippen LogP contribution is -2.64. The lowest BCUT2D eigenvalue weighted by atomic mass is 10.0. The van der Waals surface area contributed by atoms with Crippen LogP contribution in [0.15, 0.2) is 97.9 Å². The van der Waals surface area contributed by atoms with E-state index in [1.807, 2.05) is 30.3 Å². The summed E-state index contributed by atoms with van der Waals surface area (Å²) in [5.74, 6) is -4.09. The van der Waals surface area contributed by atoms with Gasteiger partial charge in [-0.25, -0.2) is 9.99 Å². The Morgan fingerprint density at radius 1 is 0.787 bits per heavy atom. The lowest BCUT2D eigenvalue weighted by Gasteiger charge is -2.39. The molecule has 6 atom stereocenters. The fourth-order valence-corrected chi connectivity index (χ4v) is 6.78. The molecule has 0 radical (unpaired) electrons. The summed E-state index contributed by atoms with van der Waals surface area (Å²) in [4.78, 5) is 92.3. The molecular formula is C42H55N13O6. The van der Waals surface area contributed by atoms with Crippen molar-refractivity contribution in [3.05, 3.63) is 115 Å². The van der Waals surface area contributed by atoms with Crippen LogP contribution in [0, 0.1) is 0 Å². The first-order valence-electron chi connectivity index (χ1n) is 20.1. The van der Waals surface area contributed by atoms with Crippen LogP contribution in [0.25, 0.3) is 10.9 Å². The second-order valence-corrected chi connectivity index (χ2v) is 14.8. The number of para-hydroxylation sites is 1. The van der Waals surface area contributed by atoms with Gasteiger partial charge in [0.05, 0.1) is 18.1 Å². The third-order valence-corrected chi connectivity index (χ3v) is 10.1. The highest BCUT2D eigenvalue weighted by Crippen LogP contribution is 2.20. The summed E-state index contributed by atoms with van der Waals surface area (Å²) in [6.07, 6.45) is 12.8. The summed E-state index contributed by atoms with van der Waals surface area (Å²) in [6, 6.07) is 9.55. The molecule has 0 saturated heterocycles. The predicted molar refractivity (Wildman–Crippen MR) is 227 cm³/mol. The quantitative estimate of drug-likeness (QED) is 0.0463. The molecule has 6 amide bonds. The van der Waals surface area contributed by atoms with Gasteiger partial charge in [0.15, 0.2) is 0 Å². The first-order chi connectivity index (χ1) is 29.4. The second-order valence-electron chi connectivity index (χ2n) is 14.8. The van der Waals surface area contributed by atoms with Crippen LogP contribution < -0.4 is 43.9 Å². The van der Waals surface area contributed by atoms with Crippen molar-refractivity contribution < 1.29 is 28.8 Å². The Labute approximate surface area is 353 Å². The van der Waals surface area contributed by atoms with Crippen LogP contribution in [0.3, 0.4) is 0 Å². The van der Waals surface area contributed by atoms with Gasteiger partial charge in [-0.3, -0.25) is 34.2 Å². The Morgan fingerprint density at radius 3 is 2.16 bits per heavy atom. The van der Waals surface area contributed by atoms with Crippen molar-refractivity contribution in [2.45, 2.75) is 88.6 Å². The number of hydrogen-bond donors (Lipinski definition) is 10. The van der Waals surface area contributed by atoms with Crippen LogP contribution in [0.5, 0.6) is 0 Å². The average Bonchev–Trinajstić information content (AvgIpc) is 3.93. The molecule has 0 aliphatic carbocycles. The van der Waals surface area contributed by atoms with Gasteiger partial charge in [-0.15, -0.1) is 0 Å². The topological polar surface area (TPSA) is 292 Å². The molecule has 2 aromatic carbocycles. The number of rotatable bonds is 22. The molecule has 61 heavy (non-hydrogen) atoms. The van der Waals surface area contributed by atoms with E-state index in [4.69, 9.17) is 17.2 Å². The number of hydrazine groups is 2. The van der Waals surface area contributed by atoms with Crippen molar-refractivity contribution >= 4 is 46.3 Å². The number of nitrogens with two attached hydrogens (primary N) is 3. The van der Waals surface area contributed by atoms with Crippen molar-refractivity contribution in [1.82, 2.24) is 51.8 Å². The predicted octanol–water partition coefficient (Wildman–Crippen LogP) is -0.201. The van der Waals surface area contributed by atoms with Crippen molar-refractivity contribution in [1.29, 1.82) is 0 Å². The molecule has 0 fully saturated rings. The number of primary amides is 1. The second kappa shape index (κ2) is 21.9. The number of hydrogen-bond acceptors (Lipinski definition) is 11. The SMILES string of the molecule is C[C@H](NC(=O)[C@@H](Cc1c[nH]c2ccccc12)NC(=O)[C@@H](N)Cc1c[nH]cn1)C(=O)N([C@@H](C)C(=O)N[C@H](Cc1ccccc1)C(=O)N[C@@H](CCCCN)C(N)=O)N1C=CC=CN1. The summed E-state index contributed by atoms with van der Waals surface area (Å²) in [6.45, 7) is 3.32. The molecule has 19 heteroatoms. The first-order valence-corrected chi connectivity index (χ1v) is 20.1. The molecule has 19 nitrogen and oxygen atoms in total.